The van der Waals surface area contributed by atoms with Gasteiger partial charge in [-0.05, 0) is 13.8 Å². The lowest BCUT2D eigenvalue weighted by atomic mass is 9.99. The second-order valence-corrected chi connectivity index (χ2v) is 8.29. The molecule has 0 bridgehead atoms. The Kier molecular flexibility index (Phi) is 6.15. The van der Waals surface area contributed by atoms with Gasteiger partial charge in [-0.3, -0.25) is 9.78 Å². The number of ether oxygens (including phenoxy) is 2. The maximum atomic E-state index is 12.9. The van der Waals surface area contributed by atoms with E-state index in [0.29, 0.717) is 56.8 Å². The molecule has 4 rings (SSSR count). The summed E-state index contributed by atoms with van der Waals surface area (Å²) in [6.45, 7) is 7.41. The summed E-state index contributed by atoms with van der Waals surface area (Å²) in [6, 6.07) is 0. The number of halogens is 1. The van der Waals surface area contributed by atoms with E-state index in [2.05, 4.69) is 19.9 Å². The average molecular weight is 447 g/mol. The number of nitrogens with two attached hydrogens (primary N) is 1. The molecule has 2 N–H and O–H groups in total. The number of rotatable bonds is 5. The highest BCUT2D eigenvalue weighted by Gasteiger charge is 2.36. The highest BCUT2D eigenvalue weighted by atomic mass is 35.5. The number of aromatic nitrogens is 3. The van der Waals surface area contributed by atoms with E-state index in [9.17, 15) is 4.79 Å². The van der Waals surface area contributed by atoms with Crippen molar-refractivity contribution in [3.8, 4) is 5.75 Å². The Balaban J connectivity index is 1.61. The van der Waals surface area contributed by atoms with Crippen molar-refractivity contribution < 1.29 is 14.3 Å². The summed E-state index contributed by atoms with van der Waals surface area (Å²) in [7, 11) is 1.66. The van der Waals surface area contributed by atoms with Gasteiger partial charge in [0.05, 0.1) is 32.6 Å². The van der Waals surface area contributed by atoms with E-state index in [-0.39, 0.29) is 17.8 Å². The number of aryl methyl sites for hydroxylation is 1. The second-order valence-electron chi connectivity index (χ2n) is 7.93. The molecule has 9 nitrogen and oxygen atoms in total. The molecule has 10 heteroatoms. The zero-order chi connectivity index (χ0) is 22.1. The largest absolute Gasteiger partial charge is 0.496 e. The second kappa shape index (κ2) is 8.84. The number of methoxy groups -OCH3 is 1. The molecule has 0 saturated carbocycles. The molecule has 166 valence electrons. The minimum absolute atomic E-state index is 0.0836. The van der Waals surface area contributed by atoms with Crippen molar-refractivity contribution in [3.63, 3.8) is 0 Å². The van der Waals surface area contributed by atoms with Crippen LogP contribution in [0.25, 0.3) is 0 Å². The van der Waals surface area contributed by atoms with E-state index < -0.39 is 0 Å². The first kappa shape index (κ1) is 21.6. The molecular formula is C21H27ClN6O3. The Morgan fingerprint density at radius 1 is 1.32 bits per heavy atom. The van der Waals surface area contributed by atoms with Crippen LogP contribution in [-0.2, 0) is 16.1 Å². The third-order valence-corrected chi connectivity index (χ3v) is 6.21. The minimum Gasteiger partial charge on any atom is -0.496 e. The fourth-order valence-corrected chi connectivity index (χ4v) is 4.68. The van der Waals surface area contributed by atoms with E-state index in [4.69, 9.17) is 26.8 Å². The lowest BCUT2D eigenvalue weighted by Gasteiger charge is -2.28. The van der Waals surface area contributed by atoms with Gasteiger partial charge in [0.15, 0.2) is 0 Å². The molecule has 2 aliphatic heterocycles. The van der Waals surface area contributed by atoms with Crippen molar-refractivity contribution in [1.82, 2.24) is 19.9 Å². The Bertz CT molecular complexity index is 996. The predicted octanol–water partition coefficient (Wildman–Crippen LogP) is 2.09. The average Bonchev–Trinajstić information content (AvgIpc) is 3.08. The molecule has 1 saturated heterocycles. The summed E-state index contributed by atoms with van der Waals surface area (Å²) in [4.78, 5) is 30.0. The van der Waals surface area contributed by atoms with E-state index in [1.165, 1.54) is 0 Å². The van der Waals surface area contributed by atoms with Crippen molar-refractivity contribution >= 4 is 29.3 Å². The number of hydrogen-bond acceptors (Lipinski definition) is 8. The number of pyridine rings is 1. The minimum atomic E-state index is -0.119. The Morgan fingerprint density at radius 2 is 2.06 bits per heavy atom. The van der Waals surface area contributed by atoms with Gasteiger partial charge < -0.3 is 25.0 Å². The van der Waals surface area contributed by atoms with E-state index in [0.717, 1.165) is 28.1 Å². The molecule has 1 atom stereocenters. The van der Waals surface area contributed by atoms with Crippen LogP contribution in [0, 0.1) is 13.8 Å². The van der Waals surface area contributed by atoms with Crippen LogP contribution >= 0.6 is 11.6 Å². The van der Waals surface area contributed by atoms with Crippen molar-refractivity contribution in [2.24, 2.45) is 0 Å². The summed E-state index contributed by atoms with van der Waals surface area (Å²) >= 11 is 6.47. The number of fused-ring (bicyclic) bond motifs is 1. The van der Waals surface area contributed by atoms with Crippen LogP contribution in [0.2, 0.25) is 5.15 Å². The van der Waals surface area contributed by atoms with Gasteiger partial charge in [-0.25, -0.2) is 4.98 Å². The third kappa shape index (κ3) is 4.24. The highest BCUT2D eigenvalue weighted by molar-refractivity contribution is 6.30. The fourth-order valence-electron chi connectivity index (χ4n) is 4.35. The predicted molar refractivity (Wildman–Crippen MR) is 118 cm³/mol. The monoisotopic (exact) mass is 446 g/mol. The molecule has 4 heterocycles. The summed E-state index contributed by atoms with van der Waals surface area (Å²) in [6.07, 6.45) is 2.14. The smallest absolute Gasteiger partial charge is 0.223 e. The summed E-state index contributed by atoms with van der Waals surface area (Å²) < 4.78 is 10.9. The first-order valence-corrected chi connectivity index (χ1v) is 10.7. The van der Waals surface area contributed by atoms with Crippen molar-refractivity contribution in [2.45, 2.75) is 32.7 Å². The number of nitrogens with zero attached hydrogens (tertiary/aromatic N) is 5. The lowest BCUT2D eigenvalue weighted by Crippen LogP contribution is -2.41. The molecule has 2 aromatic heterocycles. The van der Waals surface area contributed by atoms with Crippen LogP contribution in [0.5, 0.6) is 5.75 Å². The number of anilines is 2. The zero-order valence-electron chi connectivity index (χ0n) is 18.0. The van der Waals surface area contributed by atoms with Gasteiger partial charge in [-0.1, -0.05) is 11.6 Å². The van der Waals surface area contributed by atoms with Crippen LogP contribution in [0.3, 0.4) is 0 Å². The topological polar surface area (TPSA) is 107 Å². The van der Waals surface area contributed by atoms with E-state index in [1.807, 2.05) is 18.7 Å². The van der Waals surface area contributed by atoms with Crippen LogP contribution in [0.1, 0.15) is 34.7 Å². The molecule has 1 unspecified atom stereocenters. The van der Waals surface area contributed by atoms with E-state index >= 15 is 0 Å². The Hall–Kier alpha value is -2.65. The maximum absolute atomic E-state index is 12.9. The fraction of sp³-hybridized carbons (Fsp3) is 0.524. The Morgan fingerprint density at radius 3 is 2.77 bits per heavy atom. The molecule has 0 aliphatic carbocycles. The first-order valence-electron chi connectivity index (χ1n) is 10.3. The SMILES string of the molecule is COc1c(C)cnc(CN2CC(CC(=O)N3CCOCC3)c3c(Cl)nc(N)nc32)c1C. The van der Waals surface area contributed by atoms with Gasteiger partial charge in [0.1, 0.15) is 16.7 Å². The molecule has 0 radical (unpaired) electrons. The van der Waals surface area contributed by atoms with Gasteiger partial charge in [0.25, 0.3) is 0 Å². The van der Waals surface area contributed by atoms with Crippen LogP contribution < -0.4 is 15.4 Å². The summed E-state index contributed by atoms with van der Waals surface area (Å²) in [5.41, 5.74) is 9.50. The van der Waals surface area contributed by atoms with Gasteiger partial charge in [0, 0.05) is 54.9 Å². The van der Waals surface area contributed by atoms with Crippen LogP contribution in [0.15, 0.2) is 6.20 Å². The summed E-state index contributed by atoms with van der Waals surface area (Å²) in [5.74, 6) is 1.56. The van der Waals surface area contributed by atoms with Crippen molar-refractivity contribution in [3.05, 3.63) is 33.7 Å². The molecule has 0 spiro atoms. The number of amides is 1. The normalized spacial score (nSPS) is 18.3. The number of carbonyl (C=O) groups excluding carboxylic acids is 1. The molecule has 1 amide bonds. The molecule has 2 aromatic rings. The number of hydrogen-bond donors (Lipinski definition) is 1. The maximum Gasteiger partial charge on any atom is 0.223 e. The third-order valence-electron chi connectivity index (χ3n) is 5.92. The molecule has 2 aliphatic rings. The molecular weight excluding hydrogens is 420 g/mol. The van der Waals surface area contributed by atoms with Crippen LogP contribution in [0.4, 0.5) is 11.8 Å². The van der Waals surface area contributed by atoms with Gasteiger partial charge in [-0.2, -0.15) is 4.98 Å². The molecule has 1 fully saturated rings. The number of carbonyl (C=O) groups is 1. The van der Waals surface area contributed by atoms with Gasteiger partial charge >= 0.3 is 0 Å². The summed E-state index contributed by atoms with van der Waals surface area (Å²) in [5, 5.41) is 0.302. The first-order chi connectivity index (χ1) is 14.9. The lowest BCUT2D eigenvalue weighted by molar-refractivity contribution is -0.135. The van der Waals surface area contributed by atoms with E-state index in [1.54, 1.807) is 13.3 Å². The van der Waals surface area contributed by atoms with Gasteiger partial charge in [-0.15, -0.1) is 0 Å². The quantitative estimate of drug-likeness (QED) is 0.696. The molecule has 0 aromatic carbocycles. The van der Waals surface area contributed by atoms with Crippen molar-refractivity contribution in [1.29, 1.82) is 0 Å². The highest BCUT2D eigenvalue weighted by Crippen LogP contribution is 2.42. The Labute approximate surface area is 186 Å². The van der Waals surface area contributed by atoms with Crippen LogP contribution in [-0.4, -0.2) is 65.7 Å². The molecule has 31 heavy (non-hydrogen) atoms. The van der Waals surface area contributed by atoms with Crippen molar-refractivity contribution in [2.75, 3.05) is 50.6 Å². The van der Waals surface area contributed by atoms with Gasteiger partial charge in [0.2, 0.25) is 11.9 Å². The zero-order valence-corrected chi connectivity index (χ0v) is 18.8. The number of morpholine rings is 1. The number of nitrogen functional groups attached to an aromatic ring is 1. The standard InChI is InChI=1S/C21H27ClN6O3/c1-12-9-24-15(13(2)18(12)30-3)11-28-10-14(8-16(29)27-4-6-31-7-5-27)17-19(22)25-21(23)26-20(17)28/h9,14H,4-8,10-11H2,1-3H3,(H2,23,25,26).